The van der Waals surface area contributed by atoms with E-state index in [0.29, 0.717) is 11.4 Å². The van der Waals surface area contributed by atoms with Crippen LogP contribution in [0.2, 0.25) is 0 Å². The second-order valence-electron chi connectivity index (χ2n) is 7.30. The van der Waals surface area contributed by atoms with Crippen LogP contribution in [0.5, 0.6) is 0 Å². The van der Waals surface area contributed by atoms with Gasteiger partial charge in [0.1, 0.15) is 0 Å². The van der Waals surface area contributed by atoms with E-state index in [-0.39, 0.29) is 0 Å². The van der Waals surface area contributed by atoms with E-state index in [9.17, 15) is 0 Å². The highest BCUT2D eigenvalue weighted by atomic mass is 15.2. The molecule has 0 saturated heterocycles. The van der Waals surface area contributed by atoms with E-state index in [1.54, 1.807) is 0 Å². The van der Waals surface area contributed by atoms with Gasteiger partial charge in [0, 0.05) is 6.54 Å². The fourth-order valence-corrected chi connectivity index (χ4v) is 4.22. The summed E-state index contributed by atoms with van der Waals surface area (Å²) in [5.74, 6) is 1.41. The first kappa shape index (κ1) is 14.4. The van der Waals surface area contributed by atoms with Gasteiger partial charge in [0.25, 0.3) is 0 Å². The van der Waals surface area contributed by atoms with Gasteiger partial charge in [-0.3, -0.25) is 0 Å². The molecule has 1 saturated carbocycles. The third-order valence-corrected chi connectivity index (χ3v) is 5.01. The highest BCUT2D eigenvalue weighted by Gasteiger charge is 2.35. The number of nitrogens with zero attached hydrogens (tertiary/aromatic N) is 2. The average Bonchev–Trinajstić information content (AvgIpc) is 2.97. The summed E-state index contributed by atoms with van der Waals surface area (Å²) in [6.45, 7) is 7.80. The largest absolute Gasteiger partial charge is 0.369 e. The molecule has 1 fully saturated rings. The van der Waals surface area contributed by atoms with Crippen molar-refractivity contribution in [2.75, 3.05) is 5.73 Å². The summed E-state index contributed by atoms with van der Waals surface area (Å²) in [5.41, 5.74) is 10.1. The van der Waals surface area contributed by atoms with Crippen molar-refractivity contribution >= 4 is 17.0 Å². The summed E-state index contributed by atoms with van der Waals surface area (Å²) in [6.07, 6.45) is 6.67. The molecular formula is C18H27N3. The molecule has 2 N–H and O–H groups in total. The third kappa shape index (κ3) is 2.66. The van der Waals surface area contributed by atoms with E-state index >= 15 is 0 Å². The Labute approximate surface area is 127 Å². The van der Waals surface area contributed by atoms with Gasteiger partial charge in [-0.1, -0.05) is 38.8 Å². The summed E-state index contributed by atoms with van der Waals surface area (Å²) in [6, 6.07) is 6.38. The van der Waals surface area contributed by atoms with Gasteiger partial charge in [0.05, 0.1) is 11.0 Å². The Bertz CT molecular complexity index is 633. The van der Waals surface area contributed by atoms with Crippen molar-refractivity contribution in [3.05, 3.63) is 23.8 Å². The van der Waals surface area contributed by atoms with Crippen LogP contribution in [0.3, 0.4) is 0 Å². The van der Waals surface area contributed by atoms with Crippen LogP contribution in [0.25, 0.3) is 11.0 Å². The zero-order chi connectivity index (χ0) is 15.0. The minimum Gasteiger partial charge on any atom is -0.369 e. The number of anilines is 1. The summed E-state index contributed by atoms with van der Waals surface area (Å²) in [4.78, 5) is 4.61. The van der Waals surface area contributed by atoms with Gasteiger partial charge in [-0.25, -0.2) is 4.98 Å². The Balaban J connectivity index is 2.00. The molecule has 1 aromatic heterocycles. The zero-order valence-electron chi connectivity index (χ0n) is 13.5. The number of para-hydroxylation sites is 1. The fourth-order valence-electron chi connectivity index (χ4n) is 4.22. The van der Waals surface area contributed by atoms with E-state index in [1.165, 1.54) is 43.2 Å². The lowest BCUT2D eigenvalue weighted by Gasteiger charge is -2.32. The number of aryl methyl sites for hydroxylation is 1. The Morgan fingerprint density at radius 1 is 1.29 bits per heavy atom. The monoisotopic (exact) mass is 285 g/mol. The van der Waals surface area contributed by atoms with Crippen molar-refractivity contribution in [2.24, 2.45) is 11.3 Å². The average molecular weight is 285 g/mol. The Hall–Kier alpha value is -1.51. The number of benzene rings is 1. The molecular weight excluding hydrogens is 258 g/mol. The van der Waals surface area contributed by atoms with Gasteiger partial charge >= 0.3 is 0 Å². The molecule has 2 aromatic rings. The highest BCUT2D eigenvalue weighted by molar-refractivity contribution is 5.81. The van der Waals surface area contributed by atoms with Crippen molar-refractivity contribution in [3.8, 4) is 0 Å². The van der Waals surface area contributed by atoms with Crippen molar-refractivity contribution in [3.63, 3.8) is 0 Å². The van der Waals surface area contributed by atoms with Crippen molar-refractivity contribution in [1.29, 1.82) is 0 Å². The van der Waals surface area contributed by atoms with Crippen molar-refractivity contribution in [2.45, 2.75) is 59.4 Å². The molecule has 0 atom stereocenters. The maximum absolute atomic E-state index is 6.24. The molecule has 114 valence electrons. The van der Waals surface area contributed by atoms with Crippen LogP contribution in [0.1, 0.15) is 51.5 Å². The molecule has 1 aromatic carbocycles. The van der Waals surface area contributed by atoms with E-state index < -0.39 is 0 Å². The lowest BCUT2D eigenvalue weighted by molar-refractivity contribution is 0.200. The van der Waals surface area contributed by atoms with Gasteiger partial charge in [-0.2, -0.15) is 0 Å². The topological polar surface area (TPSA) is 43.8 Å². The lowest BCUT2D eigenvalue weighted by Crippen LogP contribution is -2.26. The lowest BCUT2D eigenvalue weighted by atomic mass is 9.78. The first-order valence-corrected chi connectivity index (χ1v) is 8.22. The number of hydrogen-bond donors (Lipinski definition) is 1. The molecule has 0 aliphatic heterocycles. The molecule has 1 aliphatic carbocycles. The van der Waals surface area contributed by atoms with E-state index in [2.05, 4.69) is 48.5 Å². The Morgan fingerprint density at radius 3 is 2.67 bits per heavy atom. The minimum atomic E-state index is 0.416. The molecule has 3 heteroatoms. The van der Waals surface area contributed by atoms with Gasteiger partial charge in [0.2, 0.25) is 5.95 Å². The highest BCUT2D eigenvalue weighted by Crippen LogP contribution is 2.45. The molecule has 3 rings (SSSR count). The molecule has 1 heterocycles. The number of imidazole rings is 1. The van der Waals surface area contributed by atoms with Gasteiger partial charge < -0.3 is 10.3 Å². The van der Waals surface area contributed by atoms with Crippen LogP contribution >= 0.6 is 0 Å². The van der Waals surface area contributed by atoms with Crippen LogP contribution in [0.15, 0.2) is 18.2 Å². The van der Waals surface area contributed by atoms with Crippen molar-refractivity contribution in [1.82, 2.24) is 9.55 Å². The Kier molecular flexibility index (Phi) is 3.68. The Morgan fingerprint density at radius 2 is 2.00 bits per heavy atom. The predicted molar refractivity (Wildman–Crippen MR) is 89.2 cm³/mol. The number of nitrogens with two attached hydrogens (primary N) is 1. The first-order valence-electron chi connectivity index (χ1n) is 8.22. The van der Waals surface area contributed by atoms with E-state index in [4.69, 9.17) is 5.73 Å². The van der Waals surface area contributed by atoms with Gasteiger partial charge in [-0.05, 0) is 49.1 Å². The zero-order valence-corrected chi connectivity index (χ0v) is 13.5. The quantitative estimate of drug-likeness (QED) is 0.896. The second kappa shape index (κ2) is 5.36. The van der Waals surface area contributed by atoms with Crippen LogP contribution < -0.4 is 5.73 Å². The molecule has 21 heavy (non-hydrogen) atoms. The van der Waals surface area contributed by atoms with E-state index in [0.717, 1.165) is 18.0 Å². The number of aromatic nitrogens is 2. The maximum Gasteiger partial charge on any atom is 0.201 e. The molecule has 0 spiro atoms. The SMILES string of the molecule is Cc1cccc2c1nc(N)n2CC1(CC(C)C)CCCC1. The van der Waals surface area contributed by atoms with Gasteiger partial charge in [-0.15, -0.1) is 0 Å². The molecule has 0 amide bonds. The molecule has 0 bridgehead atoms. The summed E-state index contributed by atoms with van der Waals surface area (Å²) >= 11 is 0. The third-order valence-electron chi connectivity index (χ3n) is 5.01. The van der Waals surface area contributed by atoms with Crippen LogP contribution in [0, 0.1) is 18.3 Å². The van der Waals surface area contributed by atoms with Crippen molar-refractivity contribution < 1.29 is 0 Å². The predicted octanol–water partition coefficient (Wildman–Crippen LogP) is 4.53. The second-order valence-corrected chi connectivity index (χ2v) is 7.30. The van der Waals surface area contributed by atoms with Crippen LogP contribution in [-0.2, 0) is 6.54 Å². The number of fused-ring (bicyclic) bond motifs is 1. The van der Waals surface area contributed by atoms with E-state index in [1.807, 2.05) is 0 Å². The molecule has 3 nitrogen and oxygen atoms in total. The molecule has 0 unspecified atom stereocenters. The molecule has 1 aliphatic rings. The van der Waals surface area contributed by atoms with Crippen LogP contribution in [-0.4, -0.2) is 9.55 Å². The normalized spacial score (nSPS) is 17.9. The fraction of sp³-hybridized carbons (Fsp3) is 0.611. The summed E-state index contributed by atoms with van der Waals surface area (Å²) in [7, 11) is 0. The number of nitrogen functional groups attached to an aromatic ring is 1. The first-order chi connectivity index (χ1) is 10.0. The van der Waals surface area contributed by atoms with Gasteiger partial charge in [0.15, 0.2) is 0 Å². The number of hydrogen-bond acceptors (Lipinski definition) is 2. The summed E-state index contributed by atoms with van der Waals surface area (Å²) < 4.78 is 2.26. The minimum absolute atomic E-state index is 0.416. The standard InChI is InChI=1S/C18H27N3/c1-13(2)11-18(9-4-5-10-18)12-21-15-8-6-7-14(3)16(15)20-17(21)19/h6-8,13H,4-5,9-12H2,1-3H3,(H2,19,20). The number of rotatable bonds is 4. The summed E-state index contributed by atoms with van der Waals surface area (Å²) in [5, 5.41) is 0. The maximum atomic E-state index is 6.24. The van der Waals surface area contributed by atoms with Crippen LogP contribution in [0.4, 0.5) is 5.95 Å². The smallest absolute Gasteiger partial charge is 0.201 e. The molecule has 0 radical (unpaired) electrons.